The van der Waals surface area contributed by atoms with Crippen molar-refractivity contribution in [1.29, 1.82) is 0 Å². The molecule has 1 saturated heterocycles. The Hall–Kier alpha value is -1.35. The average Bonchev–Trinajstić information content (AvgIpc) is 2.54. The van der Waals surface area contributed by atoms with Crippen molar-refractivity contribution in [3.05, 3.63) is 35.9 Å². The fraction of sp³-hybridized carbons (Fsp3) is 0.611. The zero-order valence-electron chi connectivity index (χ0n) is 13.2. The first-order valence-corrected chi connectivity index (χ1v) is 8.34. The lowest BCUT2D eigenvalue weighted by Gasteiger charge is -2.32. The molecule has 1 aromatic carbocycles. The quantitative estimate of drug-likeness (QED) is 0.836. The smallest absolute Gasteiger partial charge is 0.222 e. The molecule has 116 valence electrons. The van der Waals surface area contributed by atoms with Crippen LogP contribution < -0.4 is 5.32 Å². The van der Waals surface area contributed by atoms with E-state index in [9.17, 15) is 4.79 Å². The lowest BCUT2D eigenvalue weighted by molar-refractivity contribution is -0.132. The van der Waals surface area contributed by atoms with Gasteiger partial charge in [-0.15, -0.1) is 0 Å². The second-order valence-corrected chi connectivity index (χ2v) is 5.95. The standard InChI is InChI=1S/C18H28N2O/c1-2-13-19-17-11-14-20(15-12-17)18(21)10-6-9-16-7-4-3-5-8-16/h3-5,7-8,17,19H,2,6,9-15H2,1H3. The summed E-state index contributed by atoms with van der Waals surface area (Å²) >= 11 is 0. The number of carbonyl (C=O) groups is 1. The van der Waals surface area contributed by atoms with Crippen molar-refractivity contribution >= 4 is 5.91 Å². The minimum absolute atomic E-state index is 0.333. The van der Waals surface area contributed by atoms with Gasteiger partial charge in [0.05, 0.1) is 0 Å². The molecular weight excluding hydrogens is 260 g/mol. The maximum Gasteiger partial charge on any atom is 0.222 e. The maximum absolute atomic E-state index is 12.2. The average molecular weight is 288 g/mol. The molecule has 0 radical (unpaired) electrons. The number of nitrogens with zero attached hydrogens (tertiary/aromatic N) is 1. The van der Waals surface area contributed by atoms with E-state index >= 15 is 0 Å². The van der Waals surface area contributed by atoms with Crippen LogP contribution in [0.3, 0.4) is 0 Å². The van der Waals surface area contributed by atoms with Crippen LogP contribution in [-0.4, -0.2) is 36.5 Å². The number of likely N-dealkylation sites (tertiary alicyclic amines) is 1. The molecule has 1 amide bonds. The molecule has 1 aliphatic heterocycles. The summed E-state index contributed by atoms with van der Waals surface area (Å²) < 4.78 is 0. The minimum atomic E-state index is 0.333. The Morgan fingerprint density at radius 3 is 2.62 bits per heavy atom. The number of piperidine rings is 1. The number of aryl methyl sites for hydroxylation is 1. The van der Waals surface area contributed by atoms with Crippen LogP contribution in [0.1, 0.15) is 44.6 Å². The van der Waals surface area contributed by atoms with Gasteiger partial charge in [0.25, 0.3) is 0 Å². The Morgan fingerprint density at radius 2 is 1.95 bits per heavy atom. The molecule has 2 rings (SSSR count). The fourth-order valence-corrected chi connectivity index (χ4v) is 2.93. The highest BCUT2D eigenvalue weighted by molar-refractivity contribution is 5.76. The monoisotopic (exact) mass is 288 g/mol. The minimum Gasteiger partial charge on any atom is -0.343 e. The number of rotatable bonds is 7. The Bertz CT molecular complexity index is 410. The third-order valence-electron chi connectivity index (χ3n) is 4.23. The van der Waals surface area contributed by atoms with Crippen LogP contribution in [-0.2, 0) is 11.2 Å². The first-order chi connectivity index (χ1) is 10.3. The van der Waals surface area contributed by atoms with Crippen molar-refractivity contribution in [2.45, 2.75) is 51.5 Å². The fourth-order valence-electron chi connectivity index (χ4n) is 2.93. The molecule has 1 heterocycles. The SMILES string of the molecule is CCCNC1CCN(C(=O)CCCc2ccccc2)CC1. The highest BCUT2D eigenvalue weighted by Crippen LogP contribution is 2.13. The van der Waals surface area contributed by atoms with E-state index in [1.807, 2.05) is 6.07 Å². The summed E-state index contributed by atoms with van der Waals surface area (Å²) in [5.74, 6) is 0.333. The third kappa shape index (κ3) is 5.50. The van der Waals surface area contributed by atoms with E-state index in [0.717, 1.165) is 45.3 Å². The molecule has 0 saturated carbocycles. The molecule has 0 spiro atoms. The molecule has 1 aliphatic rings. The summed E-state index contributed by atoms with van der Waals surface area (Å²) in [5, 5.41) is 3.56. The molecule has 0 unspecified atom stereocenters. The highest BCUT2D eigenvalue weighted by Gasteiger charge is 2.21. The van der Waals surface area contributed by atoms with Crippen molar-refractivity contribution in [3.8, 4) is 0 Å². The van der Waals surface area contributed by atoms with E-state index in [2.05, 4.69) is 41.4 Å². The summed E-state index contributed by atoms with van der Waals surface area (Å²) in [6, 6.07) is 11.0. The summed E-state index contributed by atoms with van der Waals surface area (Å²) in [5.41, 5.74) is 1.33. The molecule has 0 bridgehead atoms. The lowest BCUT2D eigenvalue weighted by atomic mass is 10.0. The molecule has 0 aromatic heterocycles. The summed E-state index contributed by atoms with van der Waals surface area (Å²) in [6.07, 6.45) is 6.02. The van der Waals surface area contributed by atoms with Gasteiger partial charge < -0.3 is 10.2 Å². The molecule has 1 fully saturated rings. The number of nitrogens with one attached hydrogen (secondary N) is 1. The molecule has 3 nitrogen and oxygen atoms in total. The third-order valence-corrected chi connectivity index (χ3v) is 4.23. The lowest BCUT2D eigenvalue weighted by Crippen LogP contribution is -2.45. The second kappa shape index (κ2) is 8.83. The zero-order valence-corrected chi connectivity index (χ0v) is 13.2. The Balaban J connectivity index is 1.63. The summed E-state index contributed by atoms with van der Waals surface area (Å²) in [4.78, 5) is 14.3. The van der Waals surface area contributed by atoms with E-state index < -0.39 is 0 Å². The molecule has 0 atom stereocenters. The number of hydrogen-bond donors (Lipinski definition) is 1. The normalized spacial score (nSPS) is 16.1. The predicted octanol–water partition coefficient (Wildman–Crippen LogP) is 3.00. The topological polar surface area (TPSA) is 32.3 Å². The van der Waals surface area contributed by atoms with Crippen molar-refractivity contribution in [2.24, 2.45) is 0 Å². The van der Waals surface area contributed by atoms with Gasteiger partial charge in [-0.3, -0.25) is 4.79 Å². The first-order valence-electron chi connectivity index (χ1n) is 8.34. The van der Waals surface area contributed by atoms with Crippen LogP contribution in [0.5, 0.6) is 0 Å². The molecule has 3 heteroatoms. The van der Waals surface area contributed by atoms with Crippen LogP contribution >= 0.6 is 0 Å². The van der Waals surface area contributed by atoms with Crippen LogP contribution in [0.15, 0.2) is 30.3 Å². The van der Waals surface area contributed by atoms with Crippen molar-refractivity contribution in [2.75, 3.05) is 19.6 Å². The highest BCUT2D eigenvalue weighted by atomic mass is 16.2. The molecular formula is C18H28N2O. The Labute approximate surface area is 128 Å². The molecule has 1 N–H and O–H groups in total. The van der Waals surface area contributed by atoms with Gasteiger partial charge >= 0.3 is 0 Å². The predicted molar refractivity (Wildman–Crippen MR) is 87.3 cm³/mol. The number of carbonyl (C=O) groups excluding carboxylic acids is 1. The van der Waals surface area contributed by atoms with Crippen LogP contribution in [0.2, 0.25) is 0 Å². The van der Waals surface area contributed by atoms with Gasteiger partial charge in [-0.1, -0.05) is 37.3 Å². The second-order valence-electron chi connectivity index (χ2n) is 5.95. The number of benzene rings is 1. The van der Waals surface area contributed by atoms with E-state index in [1.54, 1.807) is 0 Å². The number of hydrogen-bond acceptors (Lipinski definition) is 2. The van der Waals surface area contributed by atoms with Gasteiger partial charge in [0.1, 0.15) is 0 Å². The van der Waals surface area contributed by atoms with E-state index in [0.29, 0.717) is 18.4 Å². The van der Waals surface area contributed by atoms with Gasteiger partial charge in [0.15, 0.2) is 0 Å². The Kier molecular flexibility index (Phi) is 6.74. The zero-order chi connectivity index (χ0) is 14.9. The number of amides is 1. The van der Waals surface area contributed by atoms with Gasteiger partial charge in [-0.2, -0.15) is 0 Å². The van der Waals surface area contributed by atoms with Gasteiger partial charge in [0.2, 0.25) is 5.91 Å². The van der Waals surface area contributed by atoms with E-state index in [-0.39, 0.29) is 0 Å². The van der Waals surface area contributed by atoms with Crippen molar-refractivity contribution < 1.29 is 4.79 Å². The molecule has 0 aliphatic carbocycles. The molecule has 1 aromatic rings. The van der Waals surface area contributed by atoms with E-state index in [1.165, 1.54) is 12.0 Å². The van der Waals surface area contributed by atoms with Crippen molar-refractivity contribution in [1.82, 2.24) is 10.2 Å². The van der Waals surface area contributed by atoms with Crippen LogP contribution in [0, 0.1) is 0 Å². The van der Waals surface area contributed by atoms with Crippen molar-refractivity contribution in [3.63, 3.8) is 0 Å². The summed E-state index contributed by atoms with van der Waals surface area (Å²) in [7, 11) is 0. The van der Waals surface area contributed by atoms with Gasteiger partial charge in [-0.05, 0) is 44.2 Å². The molecule has 21 heavy (non-hydrogen) atoms. The van der Waals surface area contributed by atoms with Gasteiger partial charge in [0, 0.05) is 25.6 Å². The van der Waals surface area contributed by atoms with E-state index in [4.69, 9.17) is 0 Å². The van der Waals surface area contributed by atoms with Crippen LogP contribution in [0.4, 0.5) is 0 Å². The Morgan fingerprint density at radius 1 is 1.24 bits per heavy atom. The largest absolute Gasteiger partial charge is 0.343 e. The van der Waals surface area contributed by atoms with Crippen LogP contribution in [0.25, 0.3) is 0 Å². The summed E-state index contributed by atoms with van der Waals surface area (Å²) in [6.45, 7) is 5.13. The maximum atomic E-state index is 12.2. The first kappa shape index (κ1) is 16.0. The van der Waals surface area contributed by atoms with Gasteiger partial charge in [-0.25, -0.2) is 0 Å².